The molecule has 0 saturated heterocycles. The average molecular weight is 274 g/mol. The molecule has 0 saturated carbocycles. The van der Waals surface area contributed by atoms with Gasteiger partial charge in [0.25, 0.3) is 0 Å². The zero-order chi connectivity index (χ0) is 14.2. The topological polar surface area (TPSA) is 79.9 Å². The van der Waals surface area contributed by atoms with Crippen LogP contribution in [-0.4, -0.2) is 33.7 Å². The van der Waals surface area contributed by atoms with Crippen LogP contribution in [0, 0.1) is 0 Å². The number of carbonyl (C=O) groups excluding carboxylic acids is 1. The predicted octanol–water partition coefficient (Wildman–Crippen LogP) is 1.07. The Balaban J connectivity index is 1.66. The number of aromatic amines is 1. The molecule has 1 atom stereocenters. The molecule has 0 radical (unpaired) electrons. The molecule has 1 aromatic heterocycles. The van der Waals surface area contributed by atoms with Crippen molar-refractivity contribution in [2.75, 3.05) is 6.54 Å². The molecule has 2 rings (SSSR count). The standard InChI is InChI=1S/C14H18N4O2/c1-11(20-9-12-5-3-2-4-6-12)14(19)15-8-7-13-16-10-17-18-13/h2-6,10-11H,7-9H2,1H3,(H,15,19)(H,16,17,18). The van der Waals surface area contributed by atoms with Gasteiger partial charge in [0.15, 0.2) is 0 Å². The van der Waals surface area contributed by atoms with Crippen molar-refractivity contribution in [1.29, 1.82) is 0 Å². The summed E-state index contributed by atoms with van der Waals surface area (Å²) in [5.41, 5.74) is 1.05. The quantitative estimate of drug-likeness (QED) is 0.791. The van der Waals surface area contributed by atoms with Gasteiger partial charge in [-0.1, -0.05) is 30.3 Å². The van der Waals surface area contributed by atoms with E-state index in [1.807, 2.05) is 30.3 Å². The normalized spacial score (nSPS) is 12.1. The van der Waals surface area contributed by atoms with Crippen LogP contribution in [0.4, 0.5) is 0 Å². The third-order valence-corrected chi connectivity index (χ3v) is 2.84. The first-order chi connectivity index (χ1) is 9.75. The zero-order valence-electron chi connectivity index (χ0n) is 11.4. The number of hydrogen-bond donors (Lipinski definition) is 2. The number of rotatable bonds is 7. The first-order valence-electron chi connectivity index (χ1n) is 6.53. The fraction of sp³-hybridized carbons (Fsp3) is 0.357. The molecule has 0 aliphatic rings. The summed E-state index contributed by atoms with van der Waals surface area (Å²) < 4.78 is 5.53. The van der Waals surface area contributed by atoms with E-state index in [2.05, 4.69) is 20.5 Å². The van der Waals surface area contributed by atoms with Crippen LogP contribution in [0.2, 0.25) is 0 Å². The Morgan fingerprint density at radius 1 is 1.40 bits per heavy atom. The Kier molecular flexibility index (Phi) is 5.25. The number of amides is 1. The lowest BCUT2D eigenvalue weighted by atomic mass is 10.2. The number of hydrogen-bond acceptors (Lipinski definition) is 4. The molecule has 6 nitrogen and oxygen atoms in total. The van der Waals surface area contributed by atoms with Crippen LogP contribution in [-0.2, 0) is 22.6 Å². The van der Waals surface area contributed by atoms with E-state index in [-0.39, 0.29) is 5.91 Å². The molecule has 1 amide bonds. The lowest BCUT2D eigenvalue weighted by molar-refractivity contribution is -0.132. The Bertz CT molecular complexity index is 513. The highest BCUT2D eigenvalue weighted by Crippen LogP contribution is 2.03. The van der Waals surface area contributed by atoms with Crippen molar-refractivity contribution < 1.29 is 9.53 Å². The SMILES string of the molecule is CC(OCc1ccccc1)C(=O)NCCc1ncn[nH]1. The molecule has 0 bridgehead atoms. The maximum atomic E-state index is 11.8. The van der Waals surface area contributed by atoms with Crippen molar-refractivity contribution in [1.82, 2.24) is 20.5 Å². The molecule has 1 unspecified atom stereocenters. The number of aromatic nitrogens is 3. The predicted molar refractivity (Wildman–Crippen MR) is 73.8 cm³/mol. The van der Waals surface area contributed by atoms with Crippen LogP contribution in [0.1, 0.15) is 18.3 Å². The maximum absolute atomic E-state index is 11.8. The van der Waals surface area contributed by atoms with Gasteiger partial charge in [0.2, 0.25) is 5.91 Å². The van der Waals surface area contributed by atoms with Gasteiger partial charge in [-0.15, -0.1) is 0 Å². The monoisotopic (exact) mass is 274 g/mol. The van der Waals surface area contributed by atoms with Crippen molar-refractivity contribution >= 4 is 5.91 Å². The van der Waals surface area contributed by atoms with Gasteiger partial charge >= 0.3 is 0 Å². The first-order valence-corrected chi connectivity index (χ1v) is 6.53. The van der Waals surface area contributed by atoms with Crippen molar-refractivity contribution in [2.45, 2.75) is 26.1 Å². The van der Waals surface area contributed by atoms with Gasteiger partial charge < -0.3 is 10.1 Å². The summed E-state index contributed by atoms with van der Waals surface area (Å²) in [6.45, 7) is 2.68. The smallest absolute Gasteiger partial charge is 0.248 e. The second-order valence-corrected chi connectivity index (χ2v) is 4.41. The van der Waals surface area contributed by atoms with Gasteiger partial charge in [-0.25, -0.2) is 4.98 Å². The van der Waals surface area contributed by atoms with Gasteiger partial charge in [-0.05, 0) is 12.5 Å². The molecular formula is C14H18N4O2. The number of carbonyl (C=O) groups is 1. The molecule has 6 heteroatoms. The van der Waals surface area contributed by atoms with E-state index >= 15 is 0 Å². The van der Waals surface area contributed by atoms with Crippen LogP contribution in [0.3, 0.4) is 0 Å². The third kappa shape index (κ3) is 4.47. The summed E-state index contributed by atoms with van der Waals surface area (Å²) >= 11 is 0. The highest BCUT2D eigenvalue weighted by atomic mass is 16.5. The second-order valence-electron chi connectivity index (χ2n) is 4.41. The van der Waals surface area contributed by atoms with E-state index in [1.54, 1.807) is 6.92 Å². The number of benzene rings is 1. The number of nitrogens with zero attached hydrogens (tertiary/aromatic N) is 2. The van der Waals surface area contributed by atoms with Crippen LogP contribution in [0.5, 0.6) is 0 Å². The van der Waals surface area contributed by atoms with Gasteiger partial charge in [-0.3, -0.25) is 9.89 Å². The highest BCUT2D eigenvalue weighted by molar-refractivity contribution is 5.80. The van der Waals surface area contributed by atoms with Gasteiger partial charge in [0.1, 0.15) is 18.3 Å². The first kappa shape index (κ1) is 14.2. The van der Waals surface area contributed by atoms with Crippen LogP contribution in [0.25, 0.3) is 0 Å². The molecule has 0 aliphatic carbocycles. The minimum atomic E-state index is -0.482. The molecule has 1 aromatic carbocycles. The van der Waals surface area contributed by atoms with Crippen molar-refractivity contribution in [3.8, 4) is 0 Å². The van der Waals surface area contributed by atoms with Crippen molar-refractivity contribution in [3.63, 3.8) is 0 Å². The molecule has 1 heterocycles. The Labute approximate surface area is 117 Å². The minimum absolute atomic E-state index is 0.125. The fourth-order valence-electron chi connectivity index (χ4n) is 1.67. The van der Waals surface area contributed by atoms with Crippen molar-refractivity contribution in [3.05, 3.63) is 48.0 Å². The van der Waals surface area contributed by atoms with E-state index in [0.29, 0.717) is 19.6 Å². The molecule has 0 aliphatic heterocycles. The lowest BCUT2D eigenvalue weighted by Gasteiger charge is -2.13. The minimum Gasteiger partial charge on any atom is -0.364 e. The Morgan fingerprint density at radius 2 is 2.20 bits per heavy atom. The van der Waals surface area contributed by atoms with E-state index in [4.69, 9.17) is 4.74 Å². The molecule has 20 heavy (non-hydrogen) atoms. The van der Waals surface area contributed by atoms with E-state index in [9.17, 15) is 4.79 Å². The average Bonchev–Trinajstić information content (AvgIpc) is 2.99. The Hall–Kier alpha value is -2.21. The van der Waals surface area contributed by atoms with Crippen LogP contribution < -0.4 is 5.32 Å². The number of H-pyrrole nitrogens is 1. The lowest BCUT2D eigenvalue weighted by Crippen LogP contribution is -2.35. The molecular weight excluding hydrogens is 256 g/mol. The molecule has 0 spiro atoms. The van der Waals surface area contributed by atoms with Crippen molar-refractivity contribution in [2.24, 2.45) is 0 Å². The van der Waals surface area contributed by atoms with E-state index in [0.717, 1.165) is 11.4 Å². The fourth-order valence-corrected chi connectivity index (χ4v) is 1.67. The van der Waals surface area contributed by atoms with Crippen LogP contribution >= 0.6 is 0 Å². The van der Waals surface area contributed by atoms with Gasteiger partial charge in [-0.2, -0.15) is 5.10 Å². The molecule has 2 aromatic rings. The molecule has 106 valence electrons. The molecule has 0 fully saturated rings. The Morgan fingerprint density at radius 3 is 2.90 bits per heavy atom. The number of ether oxygens (including phenoxy) is 1. The summed E-state index contributed by atoms with van der Waals surface area (Å²) in [5.74, 6) is 0.628. The van der Waals surface area contributed by atoms with Gasteiger partial charge in [0, 0.05) is 13.0 Å². The van der Waals surface area contributed by atoms with E-state index < -0.39 is 6.10 Å². The summed E-state index contributed by atoms with van der Waals surface area (Å²) in [6.07, 6.45) is 1.59. The third-order valence-electron chi connectivity index (χ3n) is 2.84. The maximum Gasteiger partial charge on any atom is 0.248 e. The van der Waals surface area contributed by atoms with E-state index in [1.165, 1.54) is 6.33 Å². The zero-order valence-corrected chi connectivity index (χ0v) is 11.4. The summed E-state index contributed by atoms with van der Waals surface area (Å²) in [4.78, 5) is 15.8. The largest absolute Gasteiger partial charge is 0.364 e. The number of nitrogens with one attached hydrogen (secondary N) is 2. The summed E-state index contributed by atoms with van der Waals surface area (Å²) in [5, 5.41) is 9.29. The summed E-state index contributed by atoms with van der Waals surface area (Å²) in [7, 11) is 0. The van der Waals surface area contributed by atoms with Crippen LogP contribution in [0.15, 0.2) is 36.7 Å². The van der Waals surface area contributed by atoms with Gasteiger partial charge in [0.05, 0.1) is 6.61 Å². The second kappa shape index (κ2) is 7.40. The summed E-state index contributed by atoms with van der Waals surface area (Å²) in [6, 6.07) is 9.77. The highest BCUT2D eigenvalue weighted by Gasteiger charge is 2.12. The molecule has 2 N–H and O–H groups in total.